The minimum atomic E-state index is -0.0290. The van der Waals surface area contributed by atoms with Crippen LogP contribution in [0.25, 0.3) is 0 Å². The van der Waals surface area contributed by atoms with Gasteiger partial charge in [0.2, 0.25) is 0 Å². The Bertz CT molecular complexity index is 250. The summed E-state index contributed by atoms with van der Waals surface area (Å²) in [4.78, 5) is 0. The van der Waals surface area contributed by atoms with Crippen LogP contribution in [0.4, 0.5) is 0 Å². The van der Waals surface area contributed by atoms with Gasteiger partial charge in [-0.2, -0.15) is 0 Å². The Kier molecular flexibility index (Phi) is 13.0. The van der Waals surface area contributed by atoms with Crippen LogP contribution in [0, 0.1) is 5.92 Å². The van der Waals surface area contributed by atoms with Gasteiger partial charge in [0.15, 0.2) is 6.29 Å². The summed E-state index contributed by atoms with van der Waals surface area (Å²) in [6, 6.07) is 0.717. The van der Waals surface area contributed by atoms with Gasteiger partial charge in [0.05, 0.1) is 0 Å². The number of rotatable bonds is 14. The number of piperidine rings is 1. The van der Waals surface area contributed by atoms with Crippen LogP contribution in [0.15, 0.2) is 0 Å². The van der Waals surface area contributed by atoms with Crippen LogP contribution in [0.2, 0.25) is 0 Å². The molecule has 23 heavy (non-hydrogen) atoms. The zero-order valence-corrected chi connectivity index (χ0v) is 15.9. The van der Waals surface area contributed by atoms with Gasteiger partial charge in [0, 0.05) is 26.2 Å². The number of unbranched alkanes of at least 4 members (excludes halogenated alkanes) is 6. The topological polar surface area (TPSA) is 30.5 Å². The molecule has 0 bridgehead atoms. The Morgan fingerprint density at radius 1 is 0.913 bits per heavy atom. The van der Waals surface area contributed by atoms with Crippen molar-refractivity contribution in [2.75, 3.05) is 20.8 Å². The molecule has 1 fully saturated rings. The minimum Gasteiger partial charge on any atom is -0.356 e. The van der Waals surface area contributed by atoms with Crippen molar-refractivity contribution in [1.29, 1.82) is 0 Å². The zero-order valence-electron chi connectivity index (χ0n) is 15.9. The first-order valence-electron chi connectivity index (χ1n) is 10.1. The quantitative estimate of drug-likeness (QED) is 0.347. The van der Waals surface area contributed by atoms with Gasteiger partial charge in [-0.25, -0.2) is 0 Å². The second-order valence-electron chi connectivity index (χ2n) is 7.23. The average molecular weight is 328 g/mol. The molecule has 1 saturated heterocycles. The molecular formula is C20H41NO2. The summed E-state index contributed by atoms with van der Waals surface area (Å²) in [5, 5.41) is 3.66. The Balaban J connectivity index is 2.22. The normalized spacial score (nSPS) is 20.1. The van der Waals surface area contributed by atoms with Crippen molar-refractivity contribution >= 4 is 0 Å². The minimum absolute atomic E-state index is 0.0290. The smallest absolute Gasteiger partial charge is 0.159 e. The fraction of sp³-hybridized carbons (Fsp3) is 1.00. The van der Waals surface area contributed by atoms with Gasteiger partial charge >= 0.3 is 0 Å². The molecule has 1 heterocycles. The molecule has 1 aliphatic rings. The van der Waals surface area contributed by atoms with Crippen LogP contribution in [0.3, 0.4) is 0 Å². The highest BCUT2D eigenvalue weighted by molar-refractivity contribution is 4.75. The summed E-state index contributed by atoms with van der Waals surface area (Å²) in [6.07, 6.45) is 17.4. The molecule has 0 aromatic heterocycles. The molecule has 2 unspecified atom stereocenters. The van der Waals surface area contributed by atoms with Gasteiger partial charge in [-0.1, -0.05) is 58.3 Å². The first-order valence-corrected chi connectivity index (χ1v) is 10.1. The number of ether oxygens (including phenoxy) is 2. The highest BCUT2D eigenvalue weighted by atomic mass is 16.7. The summed E-state index contributed by atoms with van der Waals surface area (Å²) in [6.45, 7) is 3.48. The van der Waals surface area contributed by atoms with E-state index in [0.717, 1.165) is 6.04 Å². The van der Waals surface area contributed by atoms with Gasteiger partial charge in [0.1, 0.15) is 0 Å². The average Bonchev–Trinajstić information content (AvgIpc) is 2.60. The second kappa shape index (κ2) is 14.2. The van der Waals surface area contributed by atoms with Crippen LogP contribution < -0.4 is 5.32 Å². The van der Waals surface area contributed by atoms with Crippen LogP contribution in [-0.4, -0.2) is 33.1 Å². The number of nitrogens with one attached hydrogen (secondary N) is 1. The van der Waals surface area contributed by atoms with E-state index in [1.54, 1.807) is 14.2 Å². The van der Waals surface area contributed by atoms with Crippen molar-refractivity contribution in [2.24, 2.45) is 5.92 Å². The fourth-order valence-electron chi connectivity index (χ4n) is 3.85. The van der Waals surface area contributed by atoms with Crippen molar-refractivity contribution in [1.82, 2.24) is 5.32 Å². The lowest BCUT2D eigenvalue weighted by Crippen LogP contribution is -2.35. The zero-order chi connectivity index (χ0) is 16.8. The van der Waals surface area contributed by atoms with Crippen LogP contribution in [-0.2, 0) is 9.47 Å². The molecule has 0 saturated carbocycles. The molecule has 3 nitrogen and oxygen atoms in total. The molecule has 0 aliphatic carbocycles. The molecule has 1 N–H and O–H groups in total. The molecule has 0 radical (unpaired) electrons. The van der Waals surface area contributed by atoms with Crippen molar-refractivity contribution in [3.05, 3.63) is 0 Å². The van der Waals surface area contributed by atoms with Crippen molar-refractivity contribution in [2.45, 2.75) is 103 Å². The Morgan fingerprint density at radius 2 is 1.61 bits per heavy atom. The number of methoxy groups -OCH3 is 2. The highest BCUT2D eigenvalue weighted by Gasteiger charge is 2.22. The van der Waals surface area contributed by atoms with E-state index in [4.69, 9.17) is 9.47 Å². The van der Waals surface area contributed by atoms with E-state index in [0.29, 0.717) is 5.92 Å². The standard InChI is InChI=1S/C20H41NO2/c1-4-5-6-7-8-9-10-13-18(20(22-2)23-3)15-16-19-14-11-12-17-21-19/h18-21H,4-17H2,1-3H3. The summed E-state index contributed by atoms with van der Waals surface area (Å²) in [5.74, 6) is 0.546. The van der Waals surface area contributed by atoms with E-state index >= 15 is 0 Å². The van der Waals surface area contributed by atoms with E-state index in [1.807, 2.05) is 0 Å². The largest absolute Gasteiger partial charge is 0.356 e. The van der Waals surface area contributed by atoms with Crippen molar-refractivity contribution in [3.8, 4) is 0 Å². The maximum atomic E-state index is 5.57. The van der Waals surface area contributed by atoms with E-state index in [2.05, 4.69) is 12.2 Å². The van der Waals surface area contributed by atoms with Crippen LogP contribution >= 0.6 is 0 Å². The molecule has 3 heteroatoms. The molecule has 0 spiro atoms. The first-order chi connectivity index (χ1) is 11.3. The van der Waals surface area contributed by atoms with Crippen molar-refractivity contribution < 1.29 is 9.47 Å². The van der Waals surface area contributed by atoms with E-state index in [-0.39, 0.29) is 6.29 Å². The van der Waals surface area contributed by atoms with E-state index in [1.165, 1.54) is 90.0 Å². The highest BCUT2D eigenvalue weighted by Crippen LogP contribution is 2.25. The summed E-state index contributed by atoms with van der Waals surface area (Å²) in [5.41, 5.74) is 0. The molecule has 0 amide bonds. The Labute approximate surface area is 144 Å². The van der Waals surface area contributed by atoms with Crippen LogP contribution in [0.5, 0.6) is 0 Å². The van der Waals surface area contributed by atoms with Gasteiger partial charge in [-0.3, -0.25) is 0 Å². The molecule has 0 aromatic rings. The molecular weight excluding hydrogens is 286 g/mol. The lowest BCUT2D eigenvalue weighted by atomic mass is 9.91. The van der Waals surface area contributed by atoms with Gasteiger partial charge in [0.25, 0.3) is 0 Å². The Hall–Kier alpha value is -0.120. The predicted molar refractivity (Wildman–Crippen MR) is 98.8 cm³/mol. The van der Waals surface area contributed by atoms with Crippen molar-refractivity contribution in [3.63, 3.8) is 0 Å². The third kappa shape index (κ3) is 9.69. The second-order valence-corrected chi connectivity index (χ2v) is 7.23. The lowest BCUT2D eigenvalue weighted by Gasteiger charge is -2.28. The van der Waals surface area contributed by atoms with Gasteiger partial charge < -0.3 is 14.8 Å². The van der Waals surface area contributed by atoms with Crippen LogP contribution in [0.1, 0.15) is 90.4 Å². The molecule has 0 aromatic carbocycles. The maximum Gasteiger partial charge on any atom is 0.159 e. The van der Waals surface area contributed by atoms with Gasteiger partial charge in [-0.05, 0) is 38.6 Å². The number of hydrogen-bond acceptors (Lipinski definition) is 3. The SMILES string of the molecule is CCCCCCCCCC(CCC1CCCCN1)C(OC)OC. The monoisotopic (exact) mass is 327 g/mol. The summed E-state index contributed by atoms with van der Waals surface area (Å²) in [7, 11) is 3.57. The Morgan fingerprint density at radius 3 is 2.22 bits per heavy atom. The molecule has 138 valence electrons. The van der Waals surface area contributed by atoms with E-state index < -0.39 is 0 Å². The molecule has 2 atom stereocenters. The molecule has 1 rings (SSSR count). The maximum absolute atomic E-state index is 5.57. The third-order valence-corrected chi connectivity index (χ3v) is 5.33. The number of hydrogen-bond donors (Lipinski definition) is 1. The fourth-order valence-corrected chi connectivity index (χ4v) is 3.85. The lowest BCUT2D eigenvalue weighted by molar-refractivity contribution is -0.141. The third-order valence-electron chi connectivity index (χ3n) is 5.33. The summed E-state index contributed by atoms with van der Waals surface area (Å²) >= 11 is 0. The predicted octanol–water partition coefficient (Wildman–Crippen LogP) is 5.28. The van der Waals surface area contributed by atoms with Gasteiger partial charge in [-0.15, -0.1) is 0 Å². The van der Waals surface area contributed by atoms with E-state index in [9.17, 15) is 0 Å². The molecule has 1 aliphatic heterocycles. The summed E-state index contributed by atoms with van der Waals surface area (Å²) < 4.78 is 11.1. The first kappa shape index (κ1) is 20.9.